The molecule has 1 amide bonds. The summed E-state index contributed by atoms with van der Waals surface area (Å²) in [5.41, 5.74) is 2.25. The van der Waals surface area contributed by atoms with E-state index in [-0.39, 0.29) is 12.0 Å². The third-order valence-corrected chi connectivity index (χ3v) is 4.31. The molecule has 1 N–H and O–H groups in total. The fraction of sp³-hybridized carbons (Fsp3) is 0.562. The van der Waals surface area contributed by atoms with Gasteiger partial charge in [-0.3, -0.25) is 4.79 Å². The van der Waals surface area contributed by atoms with Gasteiger partial charge in [0.05, 0.1) is 0 Å². The van der Waals surface area contributed by atoms with Crippen molar-refractivity contribution in [3.8, 4) is 0 Å². The second kappa shape index (κ2) is 5.94. The van der Waals surface area contributed by atoms with E-state index in [1.807, 2.05) is 30.1 Å². The van der Waals surface area contributed by atoms with Crippen molar-refractivity contribution < 1.29 is 9.53 Å². The Morgan fingerprint density at radius 2 is 2.15 bits per heavy atom. The molecule has 4 heteroatoms. The Kier molecular flexibility index (Phi) is 4.03. The smallest absolute Gasteiger partial charge is 0.256 e. The molecule has 2 aliphatic heterocycles. The van der Waals surface area contributed by atoms with Gasteiger partial charge in [-0.15, -0.1) is 0 Å². The van der Waals surface area contributed by atoms with Gasteiger partial charge < -0.3 is 15.0 Å². The van der Waals surface area contributed by atoms with Crippen LogP contribution in [0.3, 0.4) is 0 Å². The summed E-state index contributed by atoms with van der Waals surface area (Å²) in [4.78, 5) is 14.6. The number of hydrogen-bond donors (Lipinski definition) is 1. The molecule has 2 aliphatic rings. The second-order valence-electron chi connectivity index (χ2n) is 5.53. The van der Waals surface area contributed by atoms with E-state index in [0.717, 1.165) is 37.9 Å². The number of anilines is 1. The molecule has 0 aliphatic carbocycles. The zero-order valence-corrected chi connectivity index (χ0v) is 12.0. The molecule has 1 aromatic rings. The van der Waals surface area contributed by atoms with Gasteiger partial charge in [0.25, 0.3) is 5.91 Å². The summed E-state index contributed by atoms with van der Waals surface area (Å²) in [7, 11) is 1.98. The predicted octanol–water partition coefficient (Wildman–Crippen LogP) is 2.25. The maximum absolute atomic E-state index is 12.7. The van der Waals surface area contributed by atoms with E-state index in [4.69, 9.17) is 4.74 Å². The number of carbonyl (C=O) groups excluding carboxylic acids is 1. The highest BCUT2D eigenvalue weighted by Gasteiger charge is 2.32. The fourth-order valence-corrected chi connectivity index (χ4v) is 3.20. The number of para-hydroxylation sites is 1. The maximum atomic E-state index is 12.7. The molecular weight excluding hydrogens is 252 g/mol. The number of ether oxygens (including phenoxy) is 1. The van der Waals surface area contributed by atoms with E-state index < -0.39 is 0 Å². The summed E-state index contributed by atoms with van der Waals surface area (Å²) in [6.07, 6.45) is 3.72. The monoisotopic (exact) mass is 274 g/mol. The molecule has 2 atom stereocenters. The van der Waals surface area contributed by atoms with E-state index in [0.29, 0.717) is 12.6 Å². The van der Waals surface area contributed by atoms with Gasteiger partial charge in [-0.25, -0.2) is 0 Å². The molecule has 2 unspecified atom stereocenters. The summed E-state index contributed by atoms with van der Waals surface area (Å²) in [6, 6.07) is 8.52. The molecule has 20 heavy (non-hydrogen) atoms. The molecule has 0 saturated carbocycles. The van der Waals surface area contributed by atoms with Gasteiger partial charge in [-0.1, -0.05) is 18.2 Å². The average molecular weight is 274 g/mol. The summed E-state index contributed by atoms with van der Waals surface area (Å²) >= 11 is 0. The Morgan fingerprint density at radius 1 is 1.30 bits per heavy atom. The minimum Gasteiger partial charge on any atom is -0.368 e. The number of nitrogens with one attached hydrogen (secondary N) is 1. The first-order valence-corrected chi connectivity index (χ1v) is 7.50. The van der Waals surface area contributed by atoms with E-state index in [2.05, 4.69) is 11.4 Å². The van der Waals surface area contributed by atoms with Gasteiger partial charge in [-0.05, 0) is 44.4 Å². The van der Waals surface area contributed by atoms with Crippen LogP contribution < -0.4 is 10.2 Å². The van der Waals surface area contributed by atoms with E-state index in [9.17, 15) is 4.79 Å². The van der Waals surface area contributed by atoms with E-state index >= 15 is 0 Å². The van der Waals surface area contributed by atoms with Crippen LogP contribution in [0.2, 0.25) is 0 Å². The summed E-state index contributed by atoms with van der Waals surface area (Å²) in [5, 5.41) is 3.33. The first-order chi connectivity index (χ1) is 9.81. The Balaban J connectivity index is 1.85. The lowest BCUT2D eigenvalue weighted by molar-refractivity contribution is -0.132. The van der Waals surface area contributed by atoms with Crippen molar-refractivity contribution in [2.75, 3.05) is 25.1 Å². The number of hydrogen-bond acceptors (Lipinski definition) is 3. The lowest BCUT2D eigenvalue weighted by Crippen LogP contribution is -2.45. The van der Waals surface area contributed by atoms with Crippen LogP contribution in [0.1, 0.15) is 37.3 Å². The number of fused-ring (bicyclic) bond motifs is 1. The zero-order valence-electron chi connectivity index (χ0n) is 12.0. The molecule has 1 saturated heterocycles. The number of nitrogens with zero attached hydrogens (tertiary/aromatic N) is 1. The quantitative estimate of drug-likeness (QED) is 0.899. The third kappa shape index (κ3) is 2.45. The lowest BCUT2D eigenvalue weighted by Gasteiger charge is -2.36. The highest BCUT2D eigenvalue weighted by Crippen LogP contribution is 2.34. The standard InChI is InChI=1S/C16H22N2O2/c1-17-13-9-10-18(14-7-3-2-6-12(13)14)16(19)15-8-4-5-11-20-15/h2-3,6-7,13,15,17H,4-5,8-11H2,1H3. The van der Waals surface area contributed by atoms with Crippen LogP contribution in [0.15, 0.2) is 24.3 Å². The Hall–Kier alpha value is -1.39. The number of rotatable bonds is 2. The van der Waals surface area contributed by atoms with Gasteiger partial charge in [0, 0.05) is 24.9 Å². The minimum atomic E-state index is -0.247. The van der Waals surface area contributed by atoms with Gasteiger partial charge >= 0.3 is 0 Å². The molecule has 0 bridgehead atoms. The van der Waals surface area contributed by atoms with Gasteiger partial charge in [-0.2, -0.15) is 0 Å². The van der Waals surface area contributed by atoms with Crippen LogP contribution in [0.4, 0.5) is 5.69 Å². The summed E-state index contributed by atoms with van der Waals surface area (Å²) in [6.45, 7) is 1.48. The molecule has 0 radical (unpaired) electrons. The molecule has 0 spiro atoms. The Bertz CT molecular complexity index is 483. The largest absolute Gasteiger partial charge is 0.368 e. The highest BCUT2D eigenvalue weighted by atomic mass is 16.5. The lowest BCUT2D eigenvalue weighted by atomic mass is 9.95. The predicted molar refractivity (Wildman–Crippen MR) is 78.8 cm³/mol. The number of carbonyl (C=O) groups is 1. The van der Waals surface area contributed by atoms with Crippen molar-refractivity contribution in [3.05, 3.63) is 29.8 Å². The maximum Gasteiger partial charge on any atom is 0.256 e. The average Bonchev–Trinajstić information content (AvgIpc) is 2.54. The van der Waals surface area contributed by atoms with Crippen LogP contribution >= 0.6 is 0 Å². The summed E-state index contributed by atoms with van der Waals surface area (Å²) < 4.78 is 5.65. The summed E-state index contributed by atoms with van der Waals surface area (Å²) in [5.74, 6) is 0.131. The first-order valence-electron chi connectivity index (χ1n) is 7.50. The zero-order chi connectivity index (χ0) is 13.9. The Morgan fingerprint density at radius 3 is 2.90 bits per heavy atom. The van der Waals surface area contributed by atoms with Crippen molar-refractivity contribution >= 4 is 11.6 Å². The van der Waals surface area contributed by atoms with Crippen LogP contribution in [0, 0.1) is 0 Å². The van der Waals surface area contributed by atoms with Crippen molar-refractivity contribution in [1.82, 2.24) is 5.32 Å². The van der Waals surface area contributed by atoms with Gasteiger partial charge in [0.15, 0.2) is 0 Å². The van der Waals surface area contributed by atoms with E-state index in [1.165, 1.54) is 5.56 Å². The molecule has 1 fully saturated rings. The SMILES string of the molecule is CNC1CCN(C(=O)C2CCCCO2)c2ccccc21. The molecular formula is C16H22N2O2. The molecule has 3 rings (SSSR count). The highest BCUT2D eigenvalue weighted by molar-refractivity contribution is 5.97. The molecule has 2 heterocycles. The number of benzene rings is 1. The van der Waals surface area contributed by atoms with Crippen molar-refractivity contribution in [2.45, 2.75) is 37.8 Å². The molecule has 4 nitrogen and oxygen atoms in total. The third-order valence-electron chi connectivity index (χ3n) is 4.31. The second-order valence-corrected chi connectivity index (χ2v) is 5.53. The Labute approximate surface area is 120 Å². The number of amides is 1. The fourth-order valence-electron chi connectivity index (χ4n) is 3.20. The topological polar surface area (TPSA) is 41.6 Å². The van der Waals surface area contributed by atoms with Crippen molar-refractivity contribution in [3.63, 3.8) is 0 Å². The van der Waals surface area contributed by atoms with Crippen molar-refractivity contribution in [2.24, 2.45) is 0 Å². The van der Waals surface area contributed by atoms with Gasteiger partial charge in [0.1, 0.15) is 6.10 Å². The molecule has 0 aromatic heterocycles. The van der Waals surface area contributed by atoms with Crippen LogP contribution in [-0.4, -0.2) is 32.2 Å². The first kappa shape index (κ1) is 13.6. The molecule has 108 valence electrons. The van der Waals surface area contributed by atoms with E-state index in [1.54, 1.807) is 0 Å². The van der Waals surface area contributed by atoms with Crippen molar-refractivity contribution in [1.29, 1.82) is 0 Å². The van der Waals surface area contributed by atoms with Crippen LogP contribution in [0.25, 0.3) is 0 Å². The normalized spacial score (nSPS) is 26.1. The molecule has 1 aromatic carbocycles. The minimum absolute atomic E-state index is 0.131. The van der Waals surface area contributed by atoms with Crippen LogP contribution in [0.5, 0.6) is 0 Å². The van der Waals surface area contributed by atoms with Gasteiger partial charge in [0.2, 0.25) is 0 Å². The van der Waals surface area contributed by atoms with Crippen LogP contribution in [-0.2, 0) is 9.53 Å².